The Kier molecular flexibility index (Phi) is 37.6. The molecule has 8 aromatic heterocycles. The van der Waals surface area contributed by atoms with Gasteiger partial charge in [-0.15, -0.1) is 45.3 Å². The molecule has 133 heavy (non-hydrogen) atoms. The normalized spacial score (nSPS) is 12.2. The Balaban J connectivity index is 0.000000151. The number of nitrogens with one attached hydrogen (secondary N) is 4. The first kappa shape index (κ1) is 99.9. The molecule has 8 heterocycles. The molecule has 24 nitrogen and oxygen atoms in total. The Morgan fingerprint density at radius 1 is 0.323 bits per heavy atom. The number of anilines is 8. The second-order valence-electron chi connectivity index (χ2n) is 31.5. The number of thiocarbonyl (C=S) groups is 4. The van der Waals surface area contributed by atoms with Crippen molar-refractivity contribution in [3.05, 3.63) is 280 Å². The number of hydrogen-bond donors (Lipinski definition) is 8. The van der Waals surface area contributed by atoms with E-state index in [0.717, 1.165) is 147 Å². The molecule has 0 aliphatic rings. The zero-order chi connectivity index (χ0) is 93.7. The van der Waals surface area contributed by atoms with Gasteiger partial charge in [-0.3, -0.25) is 0 Å². The van der Waals surface area contributed by atoms with Gasteiger partial charge in [0.1, 0.15) is 118 Å². The van der Waals surface area contributed by atoms with E-state index in [1.54, 1.807) is 31.7 Å². The highest BCUT2D eigenvalue weighted by Gasteiger charge is 2.20. The number of aromatic nitrogens is 12. The predicted octanol–water partition coefficient (Wildman–Crippen LogP) is 24.4. The molecule has 0 amide bonds. The lowest BCUT2D eigenvalue weighted by Gasteiger charge is -2.15. The van der Waals surface area contributed by atoms with Crippen LogP contribution in [0.2, 0.25) is 20.1 Å². The highest BCUT2D eigenvalue weighted by molar-refractivity contribution is 7.81. The fraction of sp³-hybridized carbons (Fsp3) is 0.258. The minimum Gasteiger partial charge on any atom is -0.485 e. The zero-order valence-corrected chi connectivity index (χ0v) is 82.4. The molecule has 8 N–H and O–H groups in total. The fourth-order valence-corrected chi connectivity index (χ4v) is 18.4. The standard InChI is InChI=1S/C25H25ClN4O2S2.3C24H23ClN4O2S2/c1-15(16(2)31)9-19(33)10-17-3-5-22-20(11-17)25(29-14-28-22)30-18-4-6-23(21(26)12-18)32-13-24-27-7-8-34-24;3*1-15(12-30)8-18(32)9-16-2-4-21-19(10-16)24(28-14-27-21)29-17-3-5-22(20(25)11-17)31-13-23-26-6-7-33-23/h3-8,11-12,14-16,31H,9-10,13H2,1-2H3,(H,28,29,30);3*2-7,10-11,14-15,30H,8-9,12-13H2,1H3,(H,27,28,29)/t;2*15-;/m.10./s1. The number of benzene rings is 8. The van der Waals surface area contributed by atoms with Gasteiger partial charge in [0.05, 0.1) is 48.3 Å². The molecule has 8 aromatic carbocycles. The molecule has 16 rings (SSSR count). The molecule has 686 valence electrons. The van der Waals surface area contributed by atoms with Crippen molar-refractivity contribution < 1.29 is 39.4 Å². The van der Waals surface area contributed by atoms with Crippen molar-refractivity contribution in [1.29, 1.82) is 0 Å². The number of ether oxygens (including phenoxy) is 4. The average molecular weight is 2010 g/mol. The Morgan fingerprint density at radius 3 is 0.774 bits per heavy atom. The summed E-state index contributed by atoms with van der Waals surface area (Å²) < 4.78 is 23.1. The third-order valence-electron chi connectivity index (χ3n) is 20.6. The minimum absolute atomic E-state index is 0.131. The lowest BCUT2D eigenvalue weighted by molar-refractivity contribution is 0.139. The fourth-order valence-electron chi connectivity index (χ4n) is 13.5. The summed E-state index contributed by atoms with van der Waals surface area (Å²) >= 11 is 54.1. The molecular formula is C97H94Cl4N16O8S8. The molecule has 0 aliphatic heterocycles. The Hall–Kier alpha value is -10.6. The summed E-state index contributed by atoms with van der Waals surface area (Å²) in [6.45, 7) is 11.7. The first-order valence-electron chi connectivity index (χ1n) is 42.3. The summed E-state index contributed by atoms with van der Waals surface area (Å²) in [5.41, 5.74) is 10.8. The van der Waals surface area contributed by atoms with Crippen molar-refractivity contribution >= 4 is 250 Å². The van der Waals surface area contributed by atoms with Crippen LogP contribution in [0.15, 0.2) is 217 Å². The first-order chi connectivity index (χ1) is 64.4. The van der Waals surface area contributed by atoms with Gasteiger partial charge in [-0.25, -0.2) is 59.8 Å². The molecule has 0 fully saturated rings. The van der Waals surface area contributed by atoms with Gasteiger partial charge in [-0.1, -0.05) is 147 Å². The van der Waals surface area contributed by atoms with Gasteiger partial charge in [0.2, 0.25) is 0 Å². The van der Waals surface area contributed by atoms with Gasteiger partial charge in [0.25, 0.3) is 0 Å². The van der Waals surface area contributed by atoms with Crippen LogP contribution in [0, 0.1) is 23.7 Å². The lowest BCUT2D eigenvalue weighted by atomic mass is 9.96. The molecule has 0 aliphatic carbocycles. The minimum atomic E-state index is -0.380. The Labute approximate surface area is 827 Å². The number of rotatable bonds is 40. The van der Waals surface area contributed by atoms with Gasteiger partial charge >= 0.3 is 0 Å². The molecule has 0 radical (unpaired) electrons. The molecule has 0 bridgehead atoms. The maximum Gasteiger partial charge on any atom is 0.141 e. The third-order valence-corrected chi connectivity index (χ3v) is 26.0. The van der Waals surface area contributed by atoms with E-state index in [4.69, 9.17) is 114 Å². The predicted molar refractivity (Wildman–Crippen MR) is 556 cm³/mol. The van der Waals surface area contributed by atoms with Crippen molar-refractivity contribution in [1.82, 2.24) is 59.8 Å². The topological polar surface area (TPSA) is 321 Å². The van der Waals surface area contributed by atoms with E-state index >= 15 is 0 Å². The third kappa shape index (κ3) is 30.2. The van der Waals surface area contributed by atoms with Gasteiger partial charge < -0.3 is 60.6 Å². The Bertz CT molecular complexity index is 6140. The van der Waals surface area contributed by atoms with E-state index in [1.807, 2.05) is 171 Å². The quantitative estimate of drug-likeness (QED) is 0.0165. The largest absolute Gasteiger partial charge is 0.485 e. The maximum atomic E-state index is 9.76. The summed E-state index contributed by atoms with van der Waals surface area (Å²) in [5, 5.41) is 67.7. The zero-order valence-electron chi connectivity index (χ0n) is 72.8. The summed E-state index contributed by atoms with van der Waals surface area (Å²) in [6, 6.07) is 46.4. The van der Waals surface area contributed by atoms with Crippen LogP contribution in [0.25, 0.3) is 43.6 Å². The van der Waals surface area contributed by atoms with E-state index in [0.29, 0.717) is 125 Å². The molecule has 0 spiro atoms. The van der Waals surface area contributed by atoms with Gasteiger partial charge in [0, 0.05) is 136 Å². The van der Waals surface area contributed by atoms with Crippen molar-refractivity contribution in [3.8, 4) is 23.0 Å². The van der Waals surface area contributed by atoms with E-state index in [2.05, 4.69) is 105 Å². The number of hydrogen-bond acceptors (Lipinski definition) is 32. The van der Waals surface area contributed by atoms with E-state index in [9.17, 15) is 20.4 Å². The smallest absolute Gasteiger partial charge is 0.141 e. The summed E-state index contributed by atoms with van der Waals surface area (Å²) in [7, 11) is 0. The van der Waals surface area contributed by atoms with E-state index < -0.39 is 0 Å². The SMILES string of the molecule is CC(CO)CC(=S)Cc1ccc2ncnc(Nc3ccc(OCc4nccs4)c(Cl)c3)c2c1.CC(O)C(C)CC(=S)Cc1ccc2ncnc(Nc3ccc(OCc4nccs4)c(Cl)c3)c2c1.C[C@@H](CO)CC(=S)Cc1ccc2ncnc(Nc3ccc(OCc4nccs4)c(Cl)c3)c2c1.C[C@H](CO)CC(=S)Cc1ccc2ncnc(Nc3ccc(OCc4nccs4)c(Cl)c3)c2c1. The number of aliphatic hydroxyl groups is 4. The number of thiazole rings is 4. The first-order valence-corrected chi connectivity index (χ1v) is 48.9. The highest BCUT2D eigenvalue weighted by Crippen LogP contribution is 2.38. The average Bonchev–Trinajstić information content (AvgIpc) is 1.15. The second-order valence-corrected chi connectivity index (χ2v) is 39.3. The van der Waals surface area contributed by atoms with Crippen LogP contribution in [-0.4, -0.2) is 126 Å². The van der Waals surface area contributed by atoms with Crippen molar-refractivity contribution in [2.24, 2.45) is 23.7 Å². The number of halogens is 4. The number of aliphatic hydroxyl groups excluding tert-OH is 4. The molecule has 0 saturated carbocycles. The molecular weight excluding hydrogens is 1920 g/mol. The van der Waals surface area contributed by atoms with Crippen LogP contribution in [-0.2, 0) is 52.1 Å². The van der Waals surface area contributed by atoms with Gasteiger partial charge in [0.15, 0.2) is 0 Å². The van der Waals surface area contributed by atoms with E-state index in [-0.39, 0.29) is 49.6 Å². The molecule has 36 heteroatoms. The molecule has 5 atom stereocenters. The summed E-state index contributed by atoms with van der Waals surface area (Å²) in [5.74, 6) is 5.74. The summed E-state index contributed by atoms with van der Waals surface area (Å²) in [6.07, 6.45) is 18.3. The molecule has 16 aromatic rings. The number of fused-ring (bicyclic) bond motifs is 4. The van der Waals surface area contributed by atoms with Crippen LogP contribution in [0.4, 0.5) is 46.0 Å². The van der Waals surface area contributed by atoms with Crippen LogP contribution in [0.3, 0.4) is 0 Å². The second kappa shape index (κ2) is 50.1. The van der Waals surface area contributed by atoms with Crippen molar-refractivity contribution in [2.75, 3.05) is 41.1 Å². The van der Waals surface area contributed by atoms with E-state index in [1.165, 1.54) is 70.7 Å². The van der Waals surface area contributed by atoms with Crippen LogP contribution in [0.1, 0.15) is 103 Å². The highest BCUT2D eigenvalue weighted by atomic mass is 35.5. The van der Waals surface area contributed by atoms with Crippen LogP contribution < -0.4 is 40.2 Å². The lowest BCUT2D eigenvalue weighted by Crippen LogP contribution is -2.17. The van der Waals surface area contributed by atoms with Gasteiger partial charge in [-0.2, -0.15) is 0 Å². The van der Waals surface area contributed by atoms with Crippen LogP contribution >= 0.6 is 141 Å². The van der Waals surface area contributed by atoms with Crippen LogP contribution in [0.5, 0.6) is 23.0 Å². The summed E-state index contributed by atoms with van der Waals surface area (Å²) in [4.78, 5) is 55.8. The number of nitrogens with zero attached hydrogens (tertiary/aromatic N) is 12. The maximum absolute atomic E-state index is 9.76. The van der Waals surface area contributed by atoms with Crippen molar-refractivity contribution in [2.45, 2.75) is 119 Å². The van der Waals surface area contributed by atoms with Crippen molar-refractivity contribution in [3.63, 3.8) is 0 Å². The molecule has 3 unspecified atom stereocenters. The molecule has 0 saturated heterocycles. The van der Waals surface area contributed by atoms with Gasteiger partial charge in [-0.05, 0) is 219 Å². The monoisotopic (exact) mass is 2010 g/mol. The Morgan fingerprint density at radius 2 is 0.564 bits per heavy atom.